The summed E-state index contributed by atoms with van der Waals surface area (Å²) in [6, 6.07) is 16.0. The van der Waals surface area contributed by atoms with Gasteiger partial charge in [0.2, 0.25) is 0 Å². The highest BCUT2D eigenvalue weighted by Gasteiger charge is 2.30. The molecule has 0 aliphatic carbocycles. The van der Waals surface area contributed by atoms with Gasteiger partial charge in [0.15, 0.2) is 0 Å². The lowest BCUT2D eigenvalue weighted by atomic mass is 10.1. The van der Waals surface area contributed by atoms with Crippen molar-refractivity contribution < 1.29 is 14.3 Å². The summed E-state index contributed by atoms with van der Waals surface area (Å²) in [5.74, 6) is 0.535. The zero-order valence-corrected chi connectivity index (χ0v) is 12.2. The van der Waals surface area contributed by atoms with E-state index in [0.29, 0.717) is 18.8 Å². The Bertz CT molecular complexity index is 865. The van der Waals surface area contributed by atoms with E-state index in [1.54, 1.807) is 7.11 Å². The molecule has 0 unspecified atom stereocenters. The number of carbonyl (C=O) groups excluding carboxylic acids is 1. The van der Waals surface area contributed by atoms with Crippen molar-refractivity contribution in [2.24, 2.45) is 0 Å². The van der Waals surface area contributed by atoms with Crippen LogP contribution in [-0.2, 0) is 17.9 Å². The molecular weight excluding hydrogens is 278 g/mol. The number of nitrogens with zero attached hydrogens (tertiary/aromatic N) is 1. The molecule has 2 aromatic carbocycles. The maximum absolute atomic E-state index is 12.1. The monoisotopic (exact) mass is 293 g/mol. The number of fused-ring (bicyclic) bond motifs is 3. The number of rotatable bonds is 3. The Morgan fingerprint density at radius 1 is 1.18 bits per heavy atom. The van der Waals surface area contributed by atoms with Crippen molar-refractivity contribution in [2.75, 3.05) is 7.11 Å². The molecule has 0 radical (unpaired) electrons. The third-order valence-corrected chi connectivity index (χ3v) is 4.10. The average molecular weight is 293 g/mol. The van der Waals surface area contributed by atoms with Crippen LogP contribution in [0.4, 0.5) is 0 Å². The molecule has 0 saturated heterocycles. The summed E-state index contributed by atoms with van der Waals surface area (Å²) < 4.78 is 12.6. The fourth-order valence-electron chi connectivity index (χ4n) is 3.05. The van der Waals surface area contributed by atoms with Gasteiger partial charge in [-0.2, -0.15) is 0 Å². The van der Waals surface area contributed by atoms with Gasteiger partial charge >= 0.3 is 5.97 Å². The van der Waals surface area contributed by atoms with Gasteiger partial charge in [-0.25, -0.2) is 4.79 Å². The van der Waals surface area contributed by atoms with Crippen LogP contribution >= 0.6 is 0 Å². The number of cyclic esters (lactones) is 1. The lowest BCUT2D eigenvalue weighted by molar-refractivity contribution is 0.0527. The molecule has 0 fully saturated rings. The third kappa shape index (κ3) is 1.88. The maximum atomic E-state index is 12.1. The molecule has 0 saturated carbocycles. The van der Waals surface area contributed by atoms with E-state index in [-0.39, 0.29) is 5.97 Å². The summed E-state index contributed by atoms with van der Waals surface area (Å²) in [7, 11) is 1.64. The Labute approximate surface area is 127 Å². The zero-order valence-electron chi connectivity index (χ0n) is 12.2. The molecule has 0 atom stereocenters. The molecule has 4 heteroatoms. The number of hydrogen-bond acceptors (Lipinski definition) is 3. The predicted molar refractivity (Wildman–Crippen MR) is 83.2 cm³/mol. The second kappa shape index (κ2) is 4.91. The first-order valence-electron chi connectivity index (χ1n) is 7.18. The normalized spacial score (nSPS) is 13.2. The summed E-state index contributed by atoms with van der Waals surface area (Å²) in [6.07, 6.45) is 0. The fraction of sp³-hybridized carbons (Fsp3) is 0.167. The molecule has 4 rings (SSSR count). The molecule has 0 spiro atoms. The number of esters is 1. The minimum absolute atomic E-state index is 0.249. The van der Waals surface area contributed by atoms with Crippen molar-refractivity contribution in [1.82, 2.24) is 4.57 Å². The van der Waals surface area contributed by atoms with Crippen molar-refractivity contribution in [1.29, 1.82) is 0 Å². The molecular formula is C18H15NO3. The van der Waals surface area contributed by atoms with Crippen molar-refractivity contribution >= 4 is 16.9 Å². The van der Waals surface area contributed by atoms with E-state index >= 15 is 0 Å². The third-order valence-electron chi connectivity index (χ3n) is 4.10. The van der Waals surface area contributed by atoms with E-state index in [0.717, 1.165) is 27.8 Å². The van der Waals surface area contributed by atoms with Crippen LogP contribution in [0.15, 0.2) is 48.5 Å². The molecule has 0 amide bonds. The minimum atomic E-state index is -0.249. The van der Waals surface area contributed by atoms with Crippen LogP contribution in [0, 0.1) is 0 Å². The van der Waals surface area contributed by atoms with Crippen molar-refractivity contribution in [2.45, 2.75) is 13.2 Å². The molecule has 22 heavy (non-hydrogen) atoms. The minimum Gasteiger partial charge on any atom is -0.497 e. The molecule has 1 aromatic heterocycles. The first-order chi connectivity index (χ1) is 10.8. The SMILES string of the molecule is COc1ccc2c(c1)c1c(n2Cc2ccccc2)C(=O)OC1. The van der Waals surface area contributed by atoms with Gasteiger partial charge in [0.1, 0.15) is 18.1 Å². The molecule has 1 aliphatic heterocycles. The fourth-order valence-corrected chi connectivity index (χ4v) is 3.05. The van der Waals surface area contributed by atoms with Crippen LogP contribution in [0.5, 0.6) is 5.75 Å². The Balaban J connectivity index is 1.93. The quantitative estimate of drug-likeness (QED) is 0.695. The highest BCUT2D eigenvalue weighted by Crippen LogP contribution is 2.34. The number of carbonyl (C=O) groups is 1. The second-order valence-corrected chi connectivity index (χ2v) is 5.36. The Morgan fingerprint density at radius 2 is 2.00 bits per heavy atom. The van der Waals surface area contributed by atoms with Gasteiger partial charge in [0.05, 0.1) is 7.11 Å². The summed E-state index contributed by atoms with van der Waals surface area (Å²) in [6.45, 7) is 0.980. The molecule has 110 valence electrons. The predicted octanol–water partition coefficient (Wildman–Crippen LogP) is 3.37. The van der Waals surface area contributed by atoms with Crippen LogP contribution in [0.3, 0.4) is 0 Å². The summed E-state index contributed by atoms with van der Waals surface area (Å²) in [4.78, 5) is 12.1. The van der Waals surface area contributed by atoms with Crippen LogP contribution in [0.1, 0.15) is 21.6 Å². The Morgan fingerprint density at radius 3 is 2.77 bits per heavy atom. The van der Waals surface area contributed by atoms with Crippen LogP contribution < -0.4 is 4.74 Å². The van der Waals surface area contributed by atoms with Gasteiger partial charge < -0.3 is 14.0 Å². The van der Waals surface area contributed by atoms with Gasteiger partial charge in [-0.05, 0) is 23.8 Å². The maximum Gasteiger partial charge on any atom is 0.355 e. The average Bonchev–Trinajstić information content (AvgIpc) is 3.08. The largest absolute Gasteiger partial charge is 0.497 e. The zero-order chi connectivity index (χ0) is 15.1. The first kappa shape index (κ1) is 13.0. The Kier molecular flexibility index (Phi) is 2.89. The van der Waals surface area contributed by atoms with Crippen molar-refractivity contribution in [3.8, 4) is 5.75 Å². The van der Waals surface area contributed by atoms with Crippen molar-refractivity contribution in [3.63, 3.8) is 0 Å². The lowest BCUT2D eigenvalue weighted by Crippen LogP contribution is -2.08. The lowest BCUT2D eigenvalue weighted by Gasteiger charge is -2.09. The van der Waals surface area contributed by atoms with E-state index in [2.05, 4.69) is 12.1 Å². The van der Waals surface area contributed by atoms with Gasteiger partial charge in [-0.15, -0.1) is 0 Å². The highest BCUT2D eigenvalue weighted by molar-refractivity contribution is 6.01. The van der Waals surface area contributed by atoms with E-state index in [9.17, 15) is 4.79 Å². The molecule has 3 aromatic rings. The van der Waals surface area contributed by atoms with Crippen LogP contribution in [-0.4, -0.2) is 17.6 Å². The van der Waals surface area contributed by atoms with E-state index < -0.39 is 0 Å². The molecule has 4 nitrogen and oxygen atoms in total. The van der Waals surface area contributed by atoms with Gasteiger partial charge in [0, 0.05) is 23.0 Å². The van der Waals surface area contributed by atoms with Gasteiger partial charge in [-0.1, -0.05) is 30.3 Å². The number of hydrogen-bond donors (Lipinski definition) is 0. The van der Waals surface area contributed by atoms with Crippen LogP contribution in [0.25, 0.3) is 10.9 Å². The molecule has 2 heterocycles. The number of benzene rings is 2. The van der Waals surface area contributed by atoms with Gasteiger partial charge in [0.25, 0.3) is 0 Å². The molecule has 0 bridgehead atoms. The standard InChI is InChI=1S/C18H15NO3/c1-21-13-7-8-16-14(9-13)15-11-22-18(20)17(15)19(16)10-12-5-3-2-4-6-12/h2-9H,10-11H2,1H3. The second-order valence-electron chi connectivity index (χ2n) is 5.36. The Hall–Kier alpha value is -2.75. The van der Waals surface area contributed by atoms with E-state index in [1.807, 2.05) is 41.0 Å². The molecule has 1 aliphatic rings. The highest BCUT2D eigenvalue weighted by atomic mass is 16.5. The first-order valence-corrected chi connectivity index (χ1v) is 7.18. The van der Waals surface area contributed by atoms with Crippen LogP contribution in [0.2, 0.25) is 0 Å². The molecule has 0 N–H and O–H groups in total. The smallest absolute Gasteiger partial charge is 0.355 e. The number of aromatic nitrogens is 1. The van der Waals surface area contributed by atoms with Gasteiger partial charge in [-0.3, -0.25) is 0 Å². The topological polar surface area (TPSA) is 40.5 Å². The number of methoxy groups -OCH3 is 1. The summed E-state index contributed by atoms with van der Waals surface area (Å²) in [5.41, 5.74) is 3.80. The van der Waals surface area contributed by atoms with E-state index in [1.165, 1.54) is 0 Å². The van der Waals surface area contributed by atoms with Crippen molar-refractivity contribution in [3.05, 3.63) is 65.4 Å². The number of ether oxygens (including phenoxy) is 2. The van der Waals surface area contributed by atoms with E-state index in [4.69, 9.17) is 9.47 Å². The summed E-state index contributed by atoms with van der Waals surface area (Å²) >= 11 is 0. The summed E-state index contributed by atoms with van der Waals surface area (Å²) in [5, 5.41) is 1.02.